The average Bonchev–Trinajstić information content (AvgIpc) is 3.30. The Balaban J connectivity index is 4.30. The normalized spacial score (nSPS) is 14.5. The highest BCUT2D eigenvalue weighted by molar-refractivity contribution is 7.47. The summed E-state index contributed by atoms with van der Waals surface area (Å²) in [6.07, 6.45) is 68.6. The Kier molecular flexibility index (Phi) is 48.4. The number of carbonyl (C=O) groups is 1. The molecule has 0 spiro atoms. The van der Waals surface area contributed by atoms with Crippen molar-refractivity contribution in [2.75, 3.05) is 40.9 Å². The van der Waals surface area contributed by atoms with E-state index < -0.39 is 20.0 Å². The number of amides is 1. The van der Waals surface area contributed by atoms with Crippen molar-refractivity contribution in [3.8, 4) is 0 Å². The Morgan fingerprint density at radius 3 is 1.35 bits per heavy atom. The maximum atomic E-state index is 13.0. The second-order valence-electron chi connectivity index (χ2n) is 20.3. The van der Waals surface area contributed by atoms with Gasteiger partial charge in [-0.05, 0) is 70.6 Å². The first-order chi connectivity index (χ1) is 33.0. The molecule has 8 nitrogen and oxygen atoms in total. The van der Waals surface area contributed by atoms with Crippen LogP contribution in [0.25, 0.3) is 0 Å². The number of nitrogens with one attached hydrogen (secondary N) is 1. The van der Waals surface area contributed by atoms with Gasteiger partial charge >= 0.3 is 7.82 Å². The predicted octanol–water partition coefficient (Wildman–Crippen LogP) is 17.1. The zero-order chi connectivity index (χ0) is 49.9. The van der Waals surface area contributed by atoms with Gasteiger partial charge in [0.15, 0.2) is 0 Å². The molecule has 3 atom stereocenters. The fraction of sp³-hybridized carbons (Fsp3) is 0.780. The van der Waals surface area contributed by atoms with Crippen molar-refractivity contribution in [1.29, 1.82) is 0 Å². The third kappa shape index (κ3) is 51.8. The van der Waals surface area contributed by atoms with Crippen LogP contribution in [-0.4, -0.2) is 73.4 Å². The topological polar surface area (TPSA) is 105 Å². The third-order valence-corrected chi connectivity index (χ3v) is 13.4. The highest BCUT2D eigenvalue weighted by Gasteiger charge is 2.27. The van der Waals surface area contributed by atoms with Crippen molar-refractivity contribution in [2.45, 2.75) is 257 Å². The lowest BCUT2D eigenvalue weighted by Crippen LogP contribution is -2.45. The Hall–Kier alpha value is -2.06. The van der Waals surface area contributed by atoms with E-state index in [1.165, 1.54) is 154 Å². The van der Waals surface area contributed by atoms with E-state index in [4.69, 9.17) is 9.05 Å². The number of nitrogens with zero attached hydrogens (tertiary/aromatic N) is 1. The minimum Gasteiger partial charge on any atom is -0.387 e. The molecule has 0 radical (unpaired) electrons. The van der Waals surface area contributed by atoms with Crippen molar-refractivity contribution >= 4 is 13.7 Å². The van der Waals surface area contributed by atoms with Crippen LogP contribution in [0.5, 0.6) is 0 Å². The number of phosphoric ester groups is 1. The average molecular weight is 975 g/mol. The van der Waals surface area contributed by atoms with Crippen molar-refractivity contribution in [1.82, 2.24) is 5.32 Å². The first-order valence-electron chi connectivity index (χ1n) is 28.3. The number of allylic oxidation sites excluding steroid dienone is 11. The van der Waals surface area contributed by atoms with Crippen LogP contribution < -0.4 is 5.32 Å². The van der Waals surface area contributed by atoms with E-state index in [1.54, 1.807) is 6.08 Å². The summed E-state index contributed by atoms with van der Waals surface area (Å²) in [4.78, 5) is 23.3. The van der Waals surface area contributed by atoms with E-state index in [2.05, 4.69) is 79.9 Å². The number of carbonyl (C=O) groups excluding carboxylic acids is 1. The smallest absolute Gasteiger partial charge is 0.387 e. The van der Waals surface area contributed by atoms with Gasteiger partial charge in [-0.15, -0.1) is 0 Å². The molecule has 0 aromatic heterocycles. The Morgan fingerprint density at radius 2 is 0.897 bits per heavy atom. The van der Waals surface area contributed by atoms with E-state index in [9.17, 15) is 19.4 Å². The van der Waals surface area contributed by atoms with Gasteiger partial charge < -0.3 is 19.8 Å². The first-order valence-corrected chi connectivity index (χ1v) is 29.8. The molecule has 0 saturated carbocycles. The number of hydrogen-bond acceptors (Lipinski definition) is 5. The van der Waals surface area contributed by atoms with Crippen LogP contribution >= 0.6 is 7.82 Å². The molecule has 0 aliphatic heterocycles. The quantitative estimate of drug-likeness (QED) is 0.0243. The summed E-state index contributed by atoms with van der Waals surface area (Å²) in [5, 5.41) is 13.9. The Morgan fingerprint density at radius 1 is 0.515 bits per heavy atom. The van der Waals surface area contributed by atoms with Gasteiger partial charge in [0, 0.05) is 6.42 Å². The fourth-order valence-corrected chi connectivity index (χ4v) is 8.73. The largest absolute Gasteiger partial charge is 0.472 e. The maximum absolute atomic E-state index is 13.0. The second kappa shape index (κ2) is 49.9. The van der Waals surface area contributed by atoms with E-state index >= 15 is 0 Å². The SMILES string of the molecule is CC/C=C\C/C=C\C/C=C\C/C=C\CCCCCCCCCCC(=O)NC(COP(=O)(O)OCC[N+](C)(C)C)C(O)/C=C/CC/C=C/CCCCCCCCCCCCCCCCCCCCC. The van der Waals surface area contributed by atoms with Crippen molar-refractivity contribution < 1.29 is 32.9 Å². The van der Waals surface area contributed by atoms with Crippen molar-refractivity contribution in [2.24, 2.45) is 0 Å². The van der Waals surface area contributed by atoms with Crippen LogP contribution in [0.3, 0.4) is 0 Å². The number of hydrogen-bond donors (Lipinski definition) is 3. The zero-order valence-electron chi connectivity index (χ0n) is 45.1. The summed E-state index contributed by atoms with van der Waals surface area (Å²) in [7, 11) is 1.54. The lowest BCUT2D eigenvalue weighted by atomic mass is 10.0. The monoisotopic (exact) mass is 974 g/mol. The van der Waals surface area contributed by atoms with E-state index in [0.717, 1.165) is 70.6 Å². The minimum atomic E-state index is -4.36. The van der Waals surface area contributed by atoms with Crippen LogP contribution in [0, 0.1) is 0 Å². The molecule has 0 saturated heterocycles. The van der Waals surface area contributed by atoms with Crippen LogP contribution in [0.15, 0.2) is 72.9 Å². The second-order valence-corrected chi connectivity index (χ2v) is 21.7. The highest BCUT2D eigenvalue weighted by Crippen LogP contribution is 2.43. The number of rotatable bonds is 51. The van der Waals surface area contributed by atoms with Crippen LogP contribution in [0.2, 0.25) is 0 Å². The maximum Gasteiger partial charge on any atom is 0.472 e. The summed E-state index contributed by atoms with van der Waals surface area (Å²) in [6, 6.07) is -0.872. The number of phosphoric acid groups is 1. The molecule has 396 valence electrons. The molecular formula is C59H110N2O6P+. The Labute approximate surface area is 421 Å². The molecule has 3 N–H and O–H groups in total. The molecule has 0 rings (SSSR count). The van der Waals surface area contributed by atoms with Crippen LogP contribution in [-0.2, 0) is 18.4 Å². The van der Waals surface area contributed by atoms with Crippen molar-refractivity contribution in [3.05, 3.63) is 72.9 Å². The van der Waals surface area contributed by atoms with Gasteiger partial charge in [-0.3, -0.25) is 13.8 Å². The number of aliphatic hydroxyl groups is 1. The Bertz CT molecular complexity index is 1330. The zero-order valence-corrected chi connectivity index (χ0v) is 46.0. The van der Waals surface area contributed by atoms with Crippen LogP contribution in [0.1, 0.15) is 245 Å². The van der Waals surface area contributed by atoms with Gasteiger partial charge in [0.2, 0.25) is 5.91 Å². The molecule has 0 aliphatic rings. The molecule has 0 heterocycles. The summed E-state index contributed by atoms with van der Waals surface area (Å²) in [5.41, 5.74) is 0. The number of aliphatic hydroxyl groups excluding tert-OH is 1. The van der Waals surface area contributed by atoms with Crippen molar-refractivity contribution in [3.63, 3.8) is 0 Å². The standard InChI is InChI=1S/C59H109N2O6P/c1-6-8-10-12-14-16-18-20-22-24-26-28-29-30-31-33-34-36-38-40-42-44-46-48-50-52-58(62)57(56-67-68(64,65)66-55-54-61(3,4)5)60-59(63)53-51-49-47-45-43-41-39-37-35-32-27-25-23-21-19-17-15-13-11-9-7-2/h9,11,15,17,21,23,27,32,42,44,50,52,57-58,62H,6-8,10,12-14,16,18-20,22,24-26,28-31,33-41,43,45-49,51,53-56H2,1-5H3,(H-,60,63,64,65)/p+1/b11-9-,17-15-,23-21-,32-27-,44-42+,52-50+. The number of quaternary nitrogens is 1. The highest BCUT2D eigenvalue weighted by atomic mass is 31.2. The van der Waals surface area contributed by atoms with E-state index in [1.807, 2.05) is 27.2 Å². The molecule has 0 bridgehead atoms. The molecule has 68 heavy (non-hydrogen) atoms. The summed E-state index contributed by atoms with van der Waals surface area (Å²) in [5.74, 6) is -0.196. The fourth-order valence-electron chi connectivity index (χ4n) is 7.99. The number of unbranched alkanes of at least 4 members (excludes halogenated alkanes) is 28. The third-order valence-electron chi connectivity index (χ3n) is 12.4. The van der Waals surface area contributed by atoms with Gasteiger partial charge in [0.25, 0.3) is 0 Å². The van der Waals surface area contributed by atoms with Gasteiger partial charge in [-0.2, -0.15) is 0 Å². The molecule has 9 heteroatoms. The lowest BCUT2D eigenvalue weighted by molar-refractivity contribution is -0.870. The molecule has 0 fully saturated rings. The van der Waals surface area contributed by atoms with E-state index in [-0.39, 0.29) is 19.1 Å². The molecule has 0 aromatic carbocycles. The lowest BCUT2D eigenvalue weighted by Gasteiger charge is -2.25. The van der Waals surface area contributed by atoms with Gasteiger partial charge in [0.1, 0.15) is 13.2 Å². The van der Waals surface area contributed by atoms with Gasteiger partial charge in [-0.25, -0.2) is 4.57 Å². The number of likely N-dealkylation sites (N-methyl/N-ethyl adjacent to an activating group) is 1. The first kappa shape index (κ1) is 65.9. The molecule has 0 aromatic rings. The summed E-state index contributed by atoms with van der Waals surface area (Å²) >= 11 is 0. The molecule has 3 unspecified atom stereocenters. The molecule has 0 aliphatic carbocycles. The molecular weight excluding hydrogens is 864 g/mol. The summed E-state index contributed by atoms with van der Waals surface area (Å²) < 4.78 is 23.7. The summed E-state index contributed by atoms with van der Waals surface area (Å²) in [6.45, 7) is 4.69. The minimum absolute atomic E-state index is 0.0515. The molecule has 1 amide bonds. The van der Waals surface area contributed by atoms with Gasteiger partial charge in [-0.1, -0.05) is 241 Å². The van der Waals surface area contributed by atoms with Crippen LogP contribution in [0.4, 0.5) is 0 Å². The predicted molar refractivity (Wildman–Crippen MR) is 295 cm³/mol. The van der Waals surface area contributed by atoms with Gasteiger partial charge in [0.05, 0.1) is 39.9 Å². The van der Waals surface area contributed by atoms with E-state index in [0.29, 0.717) is 17.4 Å².